The first-order chi connectivity index (χ1) is 19.4. The van der Waals surface area contributed by atoms with Gasteiger partial charge in [-0.1, -0.05) is 56.7 Å². The second-order valence-electron chi connectivity index (χ2n) is 9.99. The Labute approximate surface area is 234 Å². The molecule has 6 nitrogen and oxygen atoms in total. The van der Waals surface area contributed by atoms with Crippen LogP contribution in [0.3, 0.4) is 0 Å². The van der Waals surface area contributed by atoms with Crippen molar-refractivity contribution in [2.75, 3.05) is 13.1 Å². The van der Waals surface area contributed by atoms with E-state index in [2.05, 4.69) is 6.92 Å². The third-order valence-corrected chi connectivity index (χ3v) is 6.88. The van der Waals surface area contributed by atoms with E-state index in [1.54, 1.807) is 41.3 Å². The number of carbonyl (C=O) groups is 2. The lowest BCUT2D eigenvalue weighted by atomic mass is 10.1. The van der Waals surface area contributed by atoms with Crippen molar-refractivity contribution in [3.05, 3.63) is 117 Å². The molecular formula is C33H35FN2O4. The highest BCUT2D eigenvalue weighted by atomic mass is 19.1. The lowest BCUT2D eigenvalue weighted by Gasteiger charge is -2.28. The summed E-state index contributed by atoms with van der Waals surface area (Å²) in [5.41, 5.74) is 2.98. The summed E-state index contributed by atoms with van der Waals surface area (Å²) in [5.74, 6) is -0.917. The predicted molar refractivity (Wildman–Crippen MR) is 154 cm³/mol. The highest BCUT2D eigenvalue weighted by Gasteiger charge is 2.23. The number of halogens is 1. The largest absolute Gasteiger partial charge is 0.464 e. The summed E-state index contributed by atoms with van der Waals surface area (Å²) in [5, 5.41) is 0.430. The molecule has 0 aliphatic heterocycles. The van der Waals surface area contributed by atoms with Gasteiger partial charge in [-0.15, -0.1) is 0 Å². The van der Waals surface area contributed by atoms with Crippen LogP contribution in [-0.4, -0.2) is 34.7 Å². The first kappa shape index (κ1) is 28.7. The average Bonchev–Trinajstić information content (AvgIpc) is 2.98. The van der Waals surface area contributed by atoms with Crippen molar-refractivity contribution in [3.63, 3.8) is 0 Å². The third kappa shape index (κ3) is 7.23. The zero-order valence-electron chi connectivity index (χ0n) is 23.1. The standard InChI is InChI=1S/C33H35FN2O4/c1-3-5-8-24-11-15-26(16-12-24)33(39)35(19-4-2)22-31(37)36(20-25-13-17-28(34)18-14-25)21-27-23-40-30-10-7-6-9-29(30)32(27)38/h6-7,9-18,23H,3-5,8,19-22H2,1-2H3. The van der Waals surface area contributed by atoms with Gasteiger partial charge in [0.1, 0.15) is 17.9 Å². The Kier molecular flexibility index (Phi) is 9.84. The van der Waals surface area contributed by atoms with Gasteiger partial charge >= 0.3 is 0 Å². The Morgan fingerprint density at radius 3 is 2.23 bits per heavy atom. The summed E-state index contributed by atoms with van der Waals surface area (Å²) in [6.07, 6.45) is 5.21. The van der Waals surface area contributed by atoms with E-state index in [0.29, 0.717) is 40.6 Å². The van der Waals surface area contributed by atoms with Gasteiger partial charge in [0.15, 0.2) is 5.43 Å². The maximum Gasteiger partial charge on any atom is 0.254 e. The molecule has 4 rings (SSSR count). The molecule has 0 fully saturated rings. The minimum Gasteiger partial charge on any atom is -0.464 e. The van der Waals surface area contributed by atoms with Gasteiger partial charge in [0.25, 0.3) is 5.91 Å². The Hall–Kier alpha value is -4.26. The molecular weight excluding hydrogens is 507 g/mol. The van der Waals surface area contributed by atoms with E-state index in [1.807, 2.05) is 31.2 Å². The molecule has 0 spiro atoms. The molecule has 0 atom stereocenters. The quantitative estimate of drug-likeness (QED) is 0.209. The lowest BCUT2D eigenvalue weighted by molar-refractivity contribution is -0.133. The van der Waals surface area contributed by atoms with E-state index in [9.17, 15) is 18.8 Å². The van der Waals surface area contributed by atoms with Gasteiger partial charge in [-0.2, -0.15) is 0 Å². The van der Waals surface area contributed by atoms with Crippen molar-refractivity contribution in [2.45, 2.75) is 52.6 Å². The van der Waals surface area contributed by atoms with E-state index in [1.165, 1.54) is 28.9 Å². The number of hydrogen-bond acceptors (Lipinski definition) is 4. The van der Waals surface area contributed by atoms with Crippen LogP contribution in [0.2, 0.25) is 0 Å². The fraction of sp³-hybridized carbons (Fsp3) is 0.303. The maximum atomic E-state index is 13.7. The number of aryl methyl sites for hydroxylation is 1. The summed E-state index contributed by atoms with van der Waals surface area (Å²) in [6, 6.07) is 20.4. The molecule has 7 heteroatoms. The van der Waals surface area contributed by atoms with Gasteiger partial charge in [0.2, 0.25) is 5.91 Å². The van der Waals surface area contributed by atoms with E-state index in [-0.39, 0.29) is 42.7 Å². The number of nitrogens with zero attached hydrogens (tertiary/aromatic N) is 2. The van der Waals surface area contributed by atoms with Crippen LogP contribution < -0.4 is 5.43 Å². The number of fused-ring (bicyclic) bond motifs is 1. The SMILES string of the molecule is CCCCc1ccc(C(=O)N(CCC)CC(=O)N(Cc2ccc(F)cc2)Cc2coc3ccccc3c2=O)cc1. The van der Waals surface area contributed by atoms with Crippen molar-refractivity contribution >= 4 is 22.8 Å². The molecule has 208 valence electrons. The summed E-state index contributed by atoms with van der Waals surface area (Å²) in [6.45, 7) is 4.49. The molecule has 40 heavy (non-hydrogen) atoms. The highest BCUT2D eigenvalue weighted by Crippen LogP contribution is 2.16. The summed E-state index contributed by atoms with van der Waals surface area (Å²) in [4.78, 5) is 43.4. The topological polar surface area (TPSA) is 70.8 Å². The first-order valence-corrected chi connectivity index (χ1v) is 13.8. The van der Waals surface area contributed by atoms with Crippen molar-refractivity contribution in [1.29, 1.82) is 0 Å². The molecule has 1 aromatic heterocycles. The molecule has 4 aromatic rings. The minimum atomic E-state index is -0.378. The van der Waals surface area contributed by atoms with Crippen LogP contribution in [0.4, 0.5) is 4.39 Å². The molecule has 0 aliphatic carbocycles. The Morgan fingerprint density at radius 2 is 1.52 bits per heavy atom. The van der Waals surface area contributed by atoms with Crippen LogP contribution in [-0.2, 0) is 24.3 Å². The van der Waals surface area contributed by atoms with Gasteiger partial charge in [0, 0.05) is 18.7 Å². The van der Waals surface area contributed by atoms with Gasteiger partial charge in [-0.3, -0.25) is 14.4 Å². The summed E-state index contributed by atoms with van der Waals surface area (Å²) in [7, 11) is 0. The first-order valence-electron chi connectivity index (χ1n) is 13.8. The van der Waals surface area contributed by atoms with Gasteiger partial charge in [-0.25, -0.2) is 4.39 Å². The third-order valence-electron chi connectivity index (χ3n) is 6.88. The van der Waals surface area contributed by atoms with Crippen LogP contribution >= 0.6 is 0 Å². The van der Waals surface area contributed by atoms with Crippen LogP contribution in [0.5, 0.6) is 0 Å². The van der Waals surface area contributed by atoms with Crippen LogP contribution in [0, 0.1) is 5.82 Å². The van der Waals surface area contributed by atoms with Gasteiger partial charge < -0.3 is 14.2 Å². The van der Waals surface area contributed by atoms with Crippen molar-refractivity contribution in [3.8, 4) is 0 Å². The van der Waals surface area contributed by atoms with Gasteiger partial charge in [0.05, 0.1) is 23.8 Å². The van der Waals surface area contributed by atoms with Crippen LogP contribution in [0.15, 0.2) is 88.3 Å². The van der Waals surface area contributed by atoms with E-state index < -0.39 is 0 Å². The molecule has 2 amide bonds. The number of amides is 2. The lowest BCUT2D eigenvalue weighted by Crippen LogP contribution is -2.43. The molecule has 0 radical (unpaired) electrons. The number of para-hydroxylation sites is 1. The van der Waals surface area contributed by atoms with Crippen LogP contribution in [0.1, 0.15) is 60.2 Å². The number of hydrogen-bond donors (Lipinski definition) is 0. The molecule has 3 aromatic carbocycles. The van der Waals surface area contributed by atoms with E-state index in [4.69, 9.17) is 4.42 Å². The van der Waals surface area contributed by atoms with E-state index in [0.717, 1.165) is 19.3 Å². The molecule has 0 saturated carbocycles. The molecule has 0 saturated heterocycles. The molecule has 0 bridgehead atoms. The molecule has 0 N–H and O–H groups in total. The second-order valence-corrected chi connectivity index (χ2v) is 9.99. The zero-order chi connectivity index (χ0) is 28.5. The monoisotopic (exact) mass is 542 g/mol. The molecule has 0 unspecified atom stereocenters. The van der Waals surface area contributed by atoms with E-state index >= 15 is 0 Å². The molecule has 0 aliphatic rings. The average molecular weight is 543 g/mol. The highest BCUT2D eigenvalue weighted by molar-refractivity contribution is 5.96. The maximum absolute atomic E-state index is 13.7. The van der Waals surface area contributed by atoms with Crippen molar-refractivity contribution < 1.29 is 18.4 Å². The van der Waals surface area contributed by atoms with Crippen molar-refractivity contribution in [2.24, 2.45) is 0 Å². The fourth-order valence-corrected chi connectivity index (χ4v) is 4.64. The van der Waals surface area contributed by atoms with Gasteiger partial charge in [-0.05, 0) is 66.8 Å². The van der Waals surface area contributed by atoms with Crippen molar-refractivity contribution in [1.82, 2.24) is 9.80 Å². The number of benzene rings is 3. The Bertz CT molecular complexity index is 1500. The Morgan fingerprint density at radius 1 is 0.825 bits per heavy atom. The minimum absolute atomic E-state index is 0.0103. The zero-order valence-corrected chi connectivity index (χ0v) is 23.1. The second kappa shape index (κ2) is 13.7. The molecule has 1 heterocycles. The normalized spacial score (nSPS) is 11.0. The number of rotatable bonds is 12. The summed E-state index contributed by atoms with van der Waals surface area (Å²) < 4.78 is 19.2. The predicted octanol–water partition coefficient (Wildman–Crippen LogP) is 6.36. The summed E-state index contributed by atoms with van der Waals surface area (Å²) >= 11 is 0. The fourth-order valence-electron chi connectivity index (χ4n) is 4.64. The number of unbranched alkanes of at least 4 members (excludes halogenated alkanes) is 1. The Balaban J connectivity index is 1.58. The smallest absolute Gasteiger partial charge is 0.254 e. The number of carbonyl (C=O) groups excluding carboxylic acids is 2. The van der Waals surface area contributed by atoms with Crippen LogP contribution in [0.25, 0.3) is 11.0 Å².